The summed E-state index contributed by atoms with van der Waals surface area (Å²) >= 11 is 0. The highest BCUT2D eigenvalue weighted by Gasteiger charge is 2.56. The summed E-state index contributed by atoms with van der Waals surface area (Å²) in [5.41, 5.74) is 4.21. The normalized spacial score (nSPS) is 12.6. The SMILES string of the molecule is C=CCc1c(C)ccc2cc(C)ccc12.O=C(O)C(CCCCCCCCCCc1c(-c2ccc(O)cc2C(F)(F)F)ccc2cc(O)ccc12)CCCC(F)(F)C(F)(F)F. The third kappa shape index (κ3) is 13.7. The molecule has 0 saturated carbocycles. The Morgan fingerprint density at radius 2 is 1.18 bits per heavy atom. The van der Waals surface area contributed by atoms with Gasteiger partial charge in [0, 0.05) is 6.42 Å². The number of phenols is 2. The average Bonchev–Trinajstić information content (AvgIpc) is 3.18. The van der Waals surface area contributed by atoms with E-state index in [1.165, 1.54) is 45.7 Å². The first-order valence-corrected chi connectivity index (χ1v) is 20.7. The molecule has 0 aliphatic heterocycles. The fraction of sp³-hybridized carbons (Fsp3) is 0.408. The van der Waals surface area contributed by atoms with E-state index in [9.17, 15) is 55.2 Å². The van der Waals surface area contributed by atoms with Crippen LogP contribution in [0.4, 0.5) is 35.1 Å². The van der Waals surface area contributed by atoms with Crippen molar-refractivity contribution in [2.45, 2.75) is 122 Å². The molecule has 1 atom stereocenters. The van der Waals surface area contributed by atoms with Crippen molar-refractivity contribution in [3.8, 4) is 22.6 Å². The summed E-state index contributed by atoms with van der Waals surface area (Å²) in [6.07, 6.45) is -2.82. The largest absolute Gasteiger partial charge is 0.508 e. The second kappa shape index (κ2) is 21.6. The first kappa shape index (κ1) is 48.5. The second-order valence-electron chi connectivity index (χ2n) is 15.8. The van der Waals surface area contributed by atoms with Crippen LogP contribution in [0.5, 0.6) is 11.5 Å². The summed E-state index contributed by atoms with van der Waals surface area (Å²) in [6.45, 7) is 8.12. The Kier molecular flexibility index (Phi) is 17.2. The quantitative estimate of drug-likeness (QED) is 0.0439. The van der Waals surface area contributed by atoms with Crippen LogP contribution in [0.15, 0.2) is 91.5 Å². The zero-order valence-electron chi connectivity index (χ0n) is 34.5. The molecule has 4 nitrogen and oxygen atoms in total. The number of unbranched alkanes of at least 4 members (excludes halogenated alkanes) is 7. The smallest absolute Gasteiger partial charge is 0.453 e. The zero-order valence-corrected chi connectivity index (χ0v) is 34.5. The predicted octanol–water partition coefficient (Wildman–Crippen LogP) is 15.2. The van der Waals surface area contributed by atoms with E-state index in [0.29, 0.717) is 48.3 Å². The molecule has 0 aromatic heterocycles. The Morgan fingerprint density at radius 1 is 0.639 bits per heavy atom. The van der Waals surface area contributed by atoms with E-state index in [0.717, 1.165) is 43.9 Å². The minimum Gasteiger partial charge on any atom is -0.508 e. The molecule has 5 aromatic carbocycles. The third-order valence-corrected chi connectivity index (χ3v) is 11.1. The Morgan fingerprint density at radius 3 is 1.82 bits per heavy atom. The van der Waals surface area contributed by atoms with Gasteiger partial charge in [-0.15, -0.1) is 6.58 Å². The van der Waals surface area contributed by atoms with Gasteiger partial charge in [-0.2, -0.15) is 35.1 Å². The number of phenolic OH excluding ortho intramolecular Hbond substituents is 2. The van der Waals surface area contributed by atoms with Crippen molar-refractivity contribution in [2.75, 3.05) is 0 Å². The number of halogens is 8. The van der Waals surface area contributed by atoms with Gasteiger partial charge in [-0.05, 0) is 126 Å². The highest BCUT2D eigenvalue weighted by molar-refractivity contribution is 5.93. The number of alkyl halides is 8. The number of benzene rings is 5. The Hall–Kier alpha value is -5.13. The van der Waals surface area contributed by atoms with Crippen LogP contribution in [0, 0.1) is 19.8 Å². The summed E-state index contributed by atoms with van der Waals surface area (Å²) in [6, 6.07) is 22.2. The van der Waals surface area contributed by atoms with E-state index >= 15 is 0 Å². The number of fused-ring (bicyclic) bond motifs is 2. The van der Waals surface area contributed by atoms with Crippen molar-refractivity contribution in [3.05, 3.63) is 119 Å². The summed E-state index contributed by atoms with van der Waals surface area (Å²) in [7, 11) is 0. The van der Waals surface area contributed by atoms with Crippen LogP contribution in [0.25, 0.3) is 32.7 Å². The van der Waals surface area contributed by atoms with E-state index in [1.54, 1.807) is 24.3 Å². The molecule has 12 heteroatoms. The zero-order chi connectivity index (χ0) is 45.0. The number of carboxylic acids is 1. The number of carbonyl (C=O) groups is 1. The number of aliphatic carboxylic acids is 1. The molecule has 0 radical (unpaired) electrons. The molecule has 61 heavy (non-hydrogen) atoms. The van der Waals surface area contributed by atoms with E-state index in [-0.39, 0.29) is 24.2 Å². The van der Waals surface area contributed by atoms with Gasteiger partial charge in [-0.1, -0.05) is 111 Å². The van der Waals surface area contributed by atoms with Crippen molar-refractivity contribution in [2.24, 2.45) is 5.92 Å². The van der Waals surface area contributed by atoms with Gasteiger partial charge < -0.3 is 15.3 Å². The Bertz CT molecular complexity index is 2240. The minimum absolute atomic E-state index is 0.0379. The third-order valence-electron chi connectivity index (χ3n) is 11.1. The Labute approximate surface area is 351 Å². The number of hydrogen-bond donors (Lipinski definition) is 3. The lowest BCUT2D eigenvalue weighted by atomic mass is 9.88. The van der Waals surface area contributed by atoms with Gasteiger partial charge in [0.25, 0.3) is 0 Å². The monoisotopic (exact) mass is 858 g/mol. The number of aryl methyl sites for hydroxylation is 3. The highest BCUT2D eigenvalue weighted by Crippen LogP contribution is 2.43. The average molecular weight is 859 g/mol. The van der Waals surface area contributed by atoms with Gasteiger partial charge in [0.15, 0.2) is 0 Å². The van der Waals surface area contributed by atoms with Crippen molar-refractivity contribution >= 4 is 27.5 Å². The van der Waals surface area contributed by atoms with Crippen LogP contribution in [-0.2, 0) is 23.8 Å². The maximum atomic E-state index is 13.9. The number of aromatic hydroxyl groups is 2. The maximum absolute atomic E-state index is 13.9. The van der Waals surface area contributed by atoms with E-state index < -0.39 is 54.3 Å². The lowest BCUT2D eigenvalue weighted by Gasteiger charge is -2.20. The highest BCUT2D eigenvalue weighted by atomic mass is 19.4. The molecule has 330 valence electrons. The fourth-order valence-corrected chi connectivity index (χ4v) is 7.80. The van der Waals surface area contributed by atoms with Gasteiger partial charge in [-0.25, -0.2) is 0 Å². The molecule has 1 unspecified atom stereocenters. The van der Waals surface area contributed by atoms with Crippen LogP contribution in [0.1, 0.15) is 105 Å². The predicted molar refractivity (Wildman–Crippen MR) is 226 cm³/mol. The molecule has 0 heterocycles. The van der Waals surface area contributed by atoms with Crippen molar-refractivity contribution < 1.29 is 55.2 Å². The summed E-state index contributed by atoms with van der Waals surface area (Å²) in [4.78, 5) is 11.4. The molecule has 3 N–H and O–H groups in total. The van der Waals surface area contributed by atoms with Crippen LogP contribution in [-0.4, -0.2) is 33.4 Å². The van der Waals surface area contributed by atoms with Gasteiger partial charge in [-0.3, -0.25) is 4.79 Å². The second-order valence-corrected chi connectivity index (χ2v) is 15.8. The topological polar surface area (TPSA) is 77.8 Å². The van der Waals surface area contributed by atoms with E-state index in [1.807, 2.05) is 6.08 Å². The maximum Gasteiger partial charge on any atom is 0.453 e. The van der Waals surface area contributed by atoms with Crippen LogP contribution >= 0.6 is 0 Å². The molecule has 0 aliphatic carbocycles. The summed E-state index contributed by atoms with van der Waals surface area (Å²) in [5, 5.41) is 33.1. The first-order valence-electron chi connectivity index (χ1n) is 20.7. The first-order chi connectivity index (χ1) is 28.7. The number of carboxylic acid groups (broad SMARTS) is 1. The van der Waals surface area contributed by atoms with Crippen LogP contribution < -0.4 is 0 Å². The number of rotatable bonds is 19. The van der Waals surface area contributed by atoms with Gasteiger partial charge in [0.1, 0.15) is 11.5 Å². The van der Waals surface area contributed by atoms with Gasteiger partial charge in [0.05, 0.1) is 11.5 Å². The summed E-state index contributed by atoms with van der Waals surface area (Å²) < 4.78 is 105. The van der Waals surface area contributed by atoms with Crippen LogP contribution in [0.3, 0.4) is 0 Å². The molecule has 5 aromatic rings. The molecule has 0 amide bonds. The molecule has 0 bridgehead atoms. The van der Waals surface area contributed by atoms with Crippen molar-refractivity contribution in [1.29, 1.82) is 0 Å². The Balaban J connectivity index is 0.000000454. The van der Waals surface area contributed by atoms with E-state index in [4.69, 9.17) is 0 Å². The fourth-order valence-electron chi connectivity index (χ4n) is 7.80. The lowest BCUT2D eigenvalue weighted by Crippen LogP contribution is -2.36. The van der Waals surface area contributed by atoms with Crippen molar-refractivity contribution in [1.82, 2.24) is 0 Å². The molecule has 0 fully saturated rings. The van der Waals surface area contributed by atoms with E-state index in [2.05, 4.69) is 50.8 Å². The molecular weight excluding hydrogens is 805 g/mol. The van der Waals surface area contributed by atoms with Gasteiger partial charge in [0.2, 0.25) is 0 Å². The molecule has 0 saturated heterocycles. The van der Waals surface area contributed by atoms with Gasteiger partial charge >= 0.3 is 24.2 Å². The number of allylic oxidation sites excluding steroid dienone is 1. The minimum atomic E-state index is -5.65. The molecule has 0 spiro atoms. The standard InChI is InChI=1S/C34H38F8O4.C15H16/c35-32(36,34(40,41)42)19-9-11-22(31(45)46)10-7-5-3-1-2-4-6-8-12-27-26-17-14-24(43)20-23(26)13-16-28(27)29-18-15-25(44)21-30(29)33(37,38)39;1-4-5-14-12(3)7-8-13-10-11(2)6-9-15(13)14/h13-18,20-22,43-44H,1-12,19H2,(H,45,46);4,6-10H,1,5H2,2-3H3. The summed E-state index contributed by atoms with van der Waals surface area (Å²) in [5.74, 6) is -7.46. The molecule has 5 rings (SSSR count). The number of hydrogen-bond acceptors (Lipinski definition) is 3. The lowest BCUT2D eigenvalue weighted by molar-refractivity contribution is -0.284. The molecular formula is C49H54F8O4. The van der Waals surface area contributed by atoms with Crippen LogP contribution in [0.2, 0.25) is 0 Å². The van der Waals surface area contributed by atoms with Crippen molar-refractivity contribution in [3.63, 3.8) is 0 Å². The molecule has 0 aliphatic rings.